The van der Waals surface area contributed by atoms with Gasteiger partial charge in [0.25, 0.3) is 0 Å². The first-order chi connectivity index (χ1) is 12.2. The molecule has 4 nitrogen and oxygen atoms in total. The Hall–Kier alpha value is -1.32. The lowest BCUT2D eigenvalue weighted by Crippen LogP contribution is -2.64. The van der Waals surface area contributed by atoms with Crippen molar-refractivity contribution in [1.29, 1.82) is 0 Å². The molecule has 4 fully saturated rings. The van der Waals surface area contributed by atoms with Crippen molar-refractivity contribution in [3.05, 3.63) is 12.2 Å². The van der Waals surface area contributed by atoms with Crippen LogP contribution < -0.4 is 0 Å². The lowest BCUT2D eigenvalue weighted by atomic mass is 9.44. The van der Waals surface area contributed by atoms with Gasteiger partial charge in [-0.2, -0.15) is 0 Å². The van der Waals surface area contributed by atoms with Gasteiger partial charge >= 0.3 is 11.9 Å². The molecule has 26 heavy (non-hydrogen) atoms. The minimum absolute atomic E-state index is 0.0646. The number of carbonyl (C=O) groups excluding carboxylic acids is 2. The number of allylic oxidation sites excluding steroid dienone is 1. The van der Waals surface area contributed by atoms with Crippen molar-refractivity contribution in [2.75, 3.05) is 7.11 Å². The molecule has 0 aliphatic heterocycles. The van der Waals surface area contributed by atoms with Gasteiger partial charge in [-0.05, 0) is 70.8 Å². The molecule has 2 unspecified atom stereocenters. The zero-order valence-corrected chi connectivity index (χ0v) is 17.0. The van der Waals surface area contributed by atoms with Crippen LogP contribution >= 0.6 is 0 Å². The van der Waals surface area contributed by atoms with Crippen LogP contribution in [0.25, 0.3) is 0 Å². The molecule has 4 rings (SSSR count). The molecular formula is C22H34O4. The van der Waals surface area contributed by atoms with Gasteiger partial charge in [-0.3, -0.25) is 9.59 Å². The van der Waals surface area contributed by atoms with Crippen molar-refractivity contribution < 1.29 is 19.1 Å². The Labute approximate surface area is 157 Å². The van der Waals surface area contributed by atoms with Crippen LogP contribution in [0.3, 0.4) is 0 Å². The van der Waals surface area contributed by atoms with Crippen molar-refractivity contribution in [3.63, 3.8) is 0 Å². The number of hydrogen-bond acceptors (Lipinski definition) is 4. The number of esters is 2. The van der Waals surface area contributed by atoms with E-state index < -0.39 is 11.0 Å². The molecule has 0 heterocycles. The third-order valence-corrected chi connectivity index (χ3v) is 7.40. The Morgan fingerprint density at radius 2 is 1.73 bits per heavy atom. The van der Waals surface area contributed by atoms with E-state index in [1.165, 1.54) is 7.11 Å². The summed E-state index contributed by atoms with van der Waals surface area (Å²) in [6.45, 7) is 8.05. The smallest absolute Gasteiger partial charge is 0.312 e. The van der Waals surface area contributed by atoms with Crippen LogP contribution in [0.5, 0.6) is 0 Å². The highest BCUT2D eigenvalue weighted by molar-refractivity contribution is 5.78. The van der Waals surface area contributed by atoms with Crippen LogP contribution in [-0.4, -0.2) is 24.6 Å². The first-order valence-electron chi connectivity index (χ1n) is 10.2. The van der Waals surface area contributed by atoms with Crippen molar-refractivity contribution >= 4 is 11.9 Å². The van der Waals surface area contributed by atoms with E-state index in [0.717, 1.165) is 44.9 Å². The Morgan fingerprint density at radius 1 is 1.12 bits per heavy atom. The number of rotatable bonds is 6. The molecule has 4 bridgehead atoms. The molecule has 4 heteroatoms. The van der Waals surface area contributed by atoms with Crippen LogP contribution in [0.4, 0.5) is 0 Å². The van der Waals surface area contributed by atoms with E-state index in [-0.39, 0.29) is 29.2 Å². The van der Waals surface area contributed by atoms with Crippen LogP contribution in [0, 0.1) is 28.6 Å². The third-order valence-electron chi connectivity index (χ3n) is 7.40. The molecular weight excluding hydrogens is 328 g/mol. The fourth-order valence-corrected chi connectivity index (χ4v) is 5.69. The molecule has 0 amide bonds. The van der Waals surface area contributed by atoms with Gasteiger partial charge in [0.05, 0.1) is 17.9 Å². The van der Waals surface area contributed by atoms with Crippen molar-refractivity contribution in [3.8, 4) is 0 Å². The second-order valence-electron chi connectivity index (χ2n) is 9.41. The zero-order chi connectivity index (χ0) is 19.2. The predicted octanol–water partition coefficient (Wildman–Crippen LogP) is 4.67. The summed E-state index contributed by atoms with van der Waals surface area (Å²) in [6.07, 6.45) is 10.6. The van der Waals surface area contributed by atoms with E-state index in [1.54, 1.807) is 0 Å². The highest BCUT2D eigenvalue weighted by atomic mass is 16.6. The van der Waals surface area contributed by atoms with Gasteiger partial charge in [-0.15, -0.1) is 0 Å². The Balaban J connectivity index is 1.96. The molecule has 0 aromatic heterocycles. The van der Waals surface area contributed by atoms with Crippen molar-refractivity contribution in [1.82, 2.24) is 0 Å². The minimum atomic E-state index is -0.548. The third kappa shape index (κ3) is 2.90. The lowest BCUT2D eigenvalue weighted by molar-refractivity contribution is -0.219. The number of ether oxygens (including phenoxy) is 2. The van der Waals surface area contributed by atoms with E-state index in [1.807, 2.05) is 20.8 Å². The van der Waals surface area contributed by atoms with Gasteiger partial charge in [0.2, 0.25) is 0 Å². The van der Waals surface area contributed by atoms with Gasteiger partial charge in [-0.25, -0.2) is 0 Å². The molecule has 4 aliphatic rings. The van der Waals surface area contributed by atoms with E-state index >= 15 is 0 Å². The van der Waals surface area contributed by atoms with Gasteiger partial charge in [0, 0.05) is 11.8 Å². The molecule has 146 valence electrons. The van der Waals surface area contributed by atoms with E-state index in [2.05, 4.69) is 19.1 Å². The molecule has 0 saturated heterocycles. The summed E-state index contributed by atoms with van der Waals surface area (Å²) >= 11 is 0. The average Bonchev–Trinajstić information content (AvgIpc) is 2.62. The maximum atomic E-state index is 13.0. The van der Waals surface area contributed by atoms with Gasteiger partial charge in [0.1, 0.15) is 5.60 Å². The first kappa shape index (κ1) is 19.4. The summed E-state index contributed by atoms with van der Waals surface area (Å²) in [7, 11) is 1.49. The molecule has 0 spiro atoms. The molecule has 2 atom stereocenters. The molecule has 4 saturated carbocycles. The highest BCUT2D eigenvalue weighted by Gasteiger charge is 2.66. The molecule has 0 N–H and O–H groups in total. The molecule has 0 aromatic rings. The Bertz CT molecular complexity index is 587. The molecule has 4 aliphatic carbocycles. The number of hydrogen-bond donors (Lipinski definition) is 0. The predicted molar refractivity (Wildman–Crippen MR) is 100 cm³/mol. The van der Waals surface area contributed by atoms with Crippen LogP contribution in [0.2, 0.25) is 0 Å². The lowest BCUT2D eigenvalue weighted by Gasteiger charge is -2.62. The van der Waals surface area contributed by atoms with Crippen LogP contribution in [0.1, 0.15) is 72.6 Å². The minimum Gasteiger partial charge on any atom is -0.469 e. The van der Waals surface area contributed by atoms with Gasteiger partial charge in [-0.1, -0.05) is 19.9 Å². The highest BCUT2D eigenvalue weighted by Crippen LogP contribution is 2.65. The van der Waals surface area contributed by atoms with Crippen LogP contribution in [-0.2, 0) is 19.1 Å². The second-order valence-corrected chi connectivity index (χ2v) is 9.41. The summed E-state index contributed by atoms with van der Waals surface area (Å²) < 4.78 is 11.5. The normalized spacial score (nSPS) is 38.6. The van der Waals surface area contributed by atoms with E-state index in [9.17, 15) is 9.59 Å². The SMILES string of the molecule is CC/C=C\C1(OC(=O)C(C)(C)CC)C2CC3CC1CC(C(=O)OC)(C3)C2. The van der Waals surface area contributed by atoms with Gasteiger partial charge < -0.3 is 9.47 Å². The zero-order valence-electron chi connectivity index (χ0n) is 17.0. The van der Waals surface area contributed by atoms with Gasteiger partial charge in [0.15, 0.2) is 0 Å². The first-order valence-corrected chi connectivity index (χ1v) is 10.2. The Morgan fingerprint density at radius 3 is 2.23 bits per heavy atom. The summed E-state index contributed by atoms with van der Waals surface area (Å²) in [5, 5.41) is 0. The monoisotopic (exact) mass is 362 g/mol. The average molecular weight is 363 g/mol. The summed E-state index contributed by atoms with van der Waals surface area (Å²) in [6, 6.07) is 0. The summed E-state index contributed by atoms with van der Waals surface area (Å²) in [5.41, 5.74) is -1.39. The fraction of sp³-hybridized carbons (Fsp3) is 0.818. The quantitative estimate of drug-likeness (QED) is 0.509. The number of methoxy groups -OCH3 is 1. The van der Waals surface area contributed by atoms with Crippen molar-refractivity contribution in [2.45, 2.75) is 78.2 Å². The second kappa shape index (κ2) is 6.69. The van der Waals surface area contributed by atoms with E-state index in [4.69, 9.17) is 9.47 Å². The maximum Gasteiger partial charge on any atom is 0.312 e. The number of carbonyl (C=O) groups is 2. The fourth-order valence-electron chi connectivity index (χ4n) is 5.69. The standard InChI is InChI=1S/C22H34O4/c1-6-8-9-22(26-18(23)20(3,4)7-2)16-10-15-11-17(22)14-21(12-15,13-16)19(24)25-5/h8-9,15-17H,6-7,10-14H2,1-5H3/b9-8-. The summed E-state index contributed by atoms with van der Waals surface area (Å²) in [4.78, 5) is 25.5. The van der Waals surface area contributed by atoms with E-state index in [0.29, 0.717) is 5.92 Å². The summed E-state index contributed by atoms with van der Waals surface area (Å²) in [5.74, 6) is 0.803. The maximum absolute atomic E-state index is 13.0. The molecule has 0 aromatic carbocycles. The Kier molecular flexibility index (Phi) is 5.00. The largest absolute Gasteiger partial charge is 0.469 e. The molecule has 0 radical (unpaired) electrons. The topological polar surface area (TPSA) is 52.6 Å². The van der Waals surface area contributed by atoms with Crippen molar-refractivity contribution in [2.24, 2.45) is 28.6 Å². The van der Waals surface area contributed by atoms with Crippen LogP contribution in [0.15, 0.2) is 12.2 Å².